The molecule has 5 nitrogen and oxygen atoms in total. The van der Waals surface area contributed by atoms with Crippen LogP contribution in [0.3, 0.4) is 0 Å². The first kappa shape index (κ1) is 16.9. The lowest BCUT2D eigenvalue weighted by Gasteiger charge is -2.31. The van der Waals surface area contributed by atoms with Gasteiger partial charge in [0.15, 0.2) is 0 Å². The Morgan fingerprint density at radius 1 is 1.15 bits per heavy atom. The number of hydrogen-bond donors (Lipinski definition) is 1. The minimum atomic E-state index is -0.220. The van der Waals surface area contributed by atoms with E-state index in [-0.39, 0.29) is 18.0 Å². The quantitative estimate of drug-likeness (QED) is 0.896. The van der Waals surface area contributed by atoms with Gasteiger partial charge in [0, 0.05) is 23.0 Å². The Kier molecular flexibility index (Phi) is 4.57. The number of ether oxygens (including phenoxy) is 1. The highest BCUT2D eigenvalue weighted by Crippen LogP contribution is 2.35. The molecular formula is C20H20ClN3O2. The molecule has 1 fully saturated rings. The summed E-state index contributed by atoms with van der Waals surface area (Å²) in [5.74, 6) is 0.923. The number of amides is 1. The molecule has 1 saturated heterocycles. The molecule has 26 heavy (non-hydrogen) atoms. The molecule has 0 bridgehead atoms. The van der Waals surface area contributed by atoms with Gasteiger partial charge < -0.3 is 14.6 Å². The molecule has 1 amide bonds. The highest BCUT2D eigenvalue weighted by molar-refractivity contribution is 6.30. The maximum atomic E-state index is 12.9. The number of hydrazine groups is 1. The maximum absolute atomic E-state index is 12.9. The number of carbonyl (C=O) groups is 1. The van der Waals surface area contributed by atoms with Crippen LogP contribution in [-0.4, -0.2) is 29.0 Å². The zero-order chi connectivity index (χ0) is 18.1. The fraction of sp³-hybridized carbons (Fsp3) is 0.250. The van der Waals surface area contributed by atoms with Crippen LogP contribution < -0.4 is 10.2 Å². The van der Waals surface area contributed by atoms with E-state index in [0.29, 0.717) is 18.0 Å². The molecule has 0 aromatic heterocycles. The van der Waals surface area contributed by atoms with Gasteiger partial charge in [-0.3, -0.25) is 4.79 Å². The van der Waals surface area contributed by atoms with Crippen molar-refractivity contribution in [3.05, 3.63) is 77.1 Å². The van der Waals surface area contributed by atoms with Crippen molar-refractivity contribution in [3.8, 4) is 5.75 Å². The van der Waals surface area contributed by atoms with Crippen LogP contribution >= 0.6 is 11.6 Å². The molecule has 0 spiro atoms. The van der Waals surface area contributed by atoms with Crippen LogP contribution in [-0.2, 0) is 11.3 Å². The molecule has 1 N–H and O–H groups in total. The largest absolute Gasteiger partial charge is 0.496 e. The van der Waals surface area contributed by atoms with Crippen molar-refractivity contribution in [2.45, 2.75) is 25.0 Å². The molecule has 0 aliphatic carbocycles. The predicted octanol–water partition coefficient (Wildman–Crippen LogP) is 3.48. The van der Waals surface area contributed by atoms with Gasteiger partial charge in [-0.25, -0.2) is 5.43 Å². The van der Waals surface area contributed by atoms with Crippen LogP contribution in [0.25, 0.3) is 0 Å². The Hall–Kier alpha value is -2.50. The minimum Gasteiger partial charge on any atom is -0.496 e. The number of fused-ring (bicyclic) bond motifs is 1. The second-order valence-corrected chi connectivity index (χ2v) is 6.91. The summed E-state index contributed by atoms with van der Waals surface area (Å²) in [4.78, 5) is 14.7. The van der Waals surface area contributed by atoms with Crippen LogP contribution in [0, 0.1) is 0 Å². The Morgan fingerprint density at radius 2 is 1.92 bits per heavy atom. The van der Waals surface area contributed by atoms with E-state index in [1.165, 1.54) is 0 Å². The van der Waals surface area contributed by atoms with E-state index < -0.39 is 0 Å². The number of nitrogens with one attached hydrogen (secondary N) is 1. The zero-order valence-corrected chi connectivity index (χ0v) is 15.2. The molecule has 0 saturated carbocycles. The van der Waals surface area contributed by atoms with Gasteiger partial charge in [0.2, 0.25) is 0 Å². The molecule has 2 heterocycles. The van der Waals surface area contributed by atoms with Gasteiger partial charge >= 0.3 is 0 Å². The van der Waals surface area contributed by atoms with Gasteiger partial charge in [-0.15, -0.1) is 0 Å². The van der Waals surface area contributed by atoms with E-state index >= 15 is 0 Å². The first-order chi connectivity index (χ1) is 12.7. The summed E-state index contributed by atoms with van der Waals surface area (Å²) < 4.78 is 5.47. The van der Waals surface area contributed by atoms with Crippen molar-refractivity contribution in [2.24, 2.45) is 0 Å². The summed E-state index contributed by atoms with van der Waals surface area (Å²) in [6.07, 6.45) is 4.45. The first-order valence-electron chi connectivity index (χ1n) is 8.56. The summed E-state index contributed by atoms with van der Waals surface area (Å²) in [6, 6.07) is 15.3. The molecule has 2 aliphatic heterocycles. The lowest BCUT2D eigenvalue weighted by Crippen LogP contribution is -2.47. The number of rotatable bonds is 4. The smallest absolute Gasteiger partial charge is 0.251 e. The molecule has 2 unspecified atom stereocenters. The van der Waals surface area contributed by atoms with Gasteiger partial charge in [-0.1, -0.05) is 41.9 Å². The van der Waals surface area contributed by atoms with E-state index in [1.807, 2.05) is 65.9 Å². The average Bonchev–Trinajstić information content (AvgIpc) is 3.11. The standard InChI is InChI=1S/C20H20ClN3O2/c1-26-19-5-3-2-4-16(19)17-12-18-20(25)23(10-11-24(18)22-17)13-14-6-8-15(21)9-7-14/h2-11,17-18,22H,12-13H2,1H3. The third-order valence-electron chi connectivity index (χ3n) is 4.86. The molecule has 0 radical (unpaired) electrons. The number of methoxy groups -OCH3 is 1. The number of nitrogens with zero attached hydrogens (tertiary/aromatic N) is 2. The highest BCUT2D eigenvalue weighted by Gasteiger charge is 2.40. The van der Waals surface area contributed by atoms with Crippen molar-refractivity contribution < 1.29 is 9.53 Å². The predicted molar refractivity (Wildman–Crippen MR) is 100 cm³/mol. The number of hydrogen-bond acceptors (Lipinski definition) is 4. The van der Waals surface area contributed by atoms with E-state index in [4.69, 9.17) is 16.3 Å². The second kappa shape index (κ2) is 7.02. The van der Waals surface area contributed by atoms with Crippen LogP contribution in [0.5, 0.6) is 5.75 Å². The van der Waals surface area contributed by atoms with Crippen molar-refractivity contribution >= 4 is 17.5 Å². The van der Waals surface area contributed by atoms with Crippen molar-refractivity contribution in [1.29, 1.82) is 0 Å². The van der Waals surface area contributed by atoms with E-state index in [9.17, 15) is 4.79 Å². The molecule has 2 aromatic carbocycles. The first-order valence-corrected chi connectivity index (χ1v) is 8.94. The number of para-hydroxylation sites is 1. The number of benzene rings is 2. The summed E-state index contributed by atoms with van der Waals surface area (Å²) >= 11 is 5.94. The minimum absolute atomic E-state index is 0.0419. The lowest BCUT2D eigenvalue weighted by molar-refractivity contribution is -0.134. The van der Waals surface area contributed by atoms with Crippen LogP contribution in [0.4, 0.5) is 0 Å². The van der Waals surface area contributed by atoms with E-state index in [0.717, 1.165) is 16.9 Å². The highest BCUT2D eigenvalue weighted by atomic mass is 35.5. The lowest BCUT2D eigenvalue weighted by atomic mass is 10.00. The SMILES string of the molecule is COc1ccccc1C1CC2C(=O)N(Cc3ccc(Cl)cc3)C=CN2N1. The number of carbonyl (C=O) groups excluding carboxylic acids is 1. The molecule has 6 heteroatoms. The fourth-order valence-corrected chi connectivity index (χ4v) is 3.64. The van der Waals surface area contributed by atoms with Gasteiger partial charge in [-0.2, -0.15) is 0 Å². The molecule has 2 aliphatic rings. The monoisotopic (exact) mass is 369 g/mol. The van der Waals surface area contributed by atoms with Crippen LogP contribution in [0.15, 0.2) is 60.9 Å². The topological polar surface area (TPSA) is 44.8 Å². The van der Waals surface area contributed by atoms with Crippen molar-refractivity contribution in [3.63, 3.8) is 0 Å². The molecule has 134 valence electrons. The Morgan fingerprint density at radius 3 is 2.69 bits per heavy atom. The molecule has 2 atom stereocenters. The van der Waals surface area contributed by atoms with Crippen LogP contribution in [0.2, 0.25) is 5.02 Å². The summed E-state index contributed by atoms with van der Waals surface area (Å²) in [5.41, 5.74) is 5.52. The summed E-state index contributed by atoms with van der Waals surface area (Å²) in [6.45, 7) is 0.538. The zero-order valence-electron chi connectivity index (χ0n) is 14.4. The third kappa shape index (κ3) is 3.16. The van der Waals surface area contributed by atoms with Gasteiger partial charge in [0.05, 0.1) is 19.7 Å². The van der Waals surface area contributed by atoms with Crippen molar-refractivity contribution in [1.82, 2.24) is 15.3 Å². The van der Waals surface area contributed by atoms with Crippen molar-refractivity contribution in [2.75, 3.05) is 7.11 Å². The second-order valence-electron chi connectivity index (χ2n) is 6.47. The third-order valence-corrected chi connectivity index (χ3v) is 5.11. The Bertz CT molecular complexity index is 837. The van der Waals surface area contributed by atoms with E-state index in [1.54, 1.807) is 12.0 Å². The van der Waals surface area contributed by atoms with Crippen LogP contribution in [0.1, 0.15) is 23.6 Å². The summed E-state index contributed by atoms with van der Waals surface area (Å²) in [5, 5.41) is 2.60. The molecule has 4 rings (SSSR count). The average molecular weight is 370 g/mol. The van der Waals surface area contributed by atoms with Gasteiger partial charge in [0.1, 0.15) is 11.8 Å². The Labute approximate surface area is 157 Å². The Balaban J connectivity index is 1.50. The molecule has 2 aromatic rings. The molecular weight excluding hydrogens is 350 g/mol. The fourth-order valence-electron chi connectivity index (χ4n) is 3.51. The van der Waals surface area contributed by atoms with Gasteiger partial charge in [0.25, 0.3) is 5.91 Å². The summed E-state index contributed by atoms with van der Waals surface area (Å²) in [7, 11) is 1.67. The van der Waals surface area contributed by atoms with Gasteiger partial charge in [-0.05, 0) is 30.2 Å². The maximum Gasteiger partial charge on any atom is 0.251 e. The van der Waals surface area contributed by atoms with E-state index in [2.05, 4.69) is 5.43 Å². The number of halogens is 1. The normalized spacial score (nSPS) is 21.8.